The maximum atomic E-state index is 9.99. The van der Waals surface area contributed by atoms with Crippen LogP contribution >= 0.6 is 18.7 Å². The van der Waals surface area contributed by atoms with Crippen molar-refractivity contribution in [3.05, 3.63) is 0 Å². The number of carbonyl (C=O) groups excluding carboxylic acids is 1. The van der Waals surface area contributed by atoms with E-state index in [9.17, 15) is 4.79 Å². The topological polar surface area (TPSA) is 26.3 Å². The quantitative estimate of drug-likeness (QED) is 0.348. The number of carbonyl (C=O) groups is 1. The Kier molecular flexibility index (Phi) is 9.82. The number of rotatable bonds is 8. The third-order valence-electron chi connectivity index (χ3n) is 1.23. The average Bonchev–Trinajstić information content (AvgIpc) is 2.10. The van der Waals surface area contributed by atoms with Gasteiger partial charge in [-0.15, -0.1) is 11.4 Å². The van der Waals surface area contributed by atoms with E-state index in [-0.39, 0.29) is 7.35 Å². The maximum absolute atomic E-state index is 9.99. The van der Waals surface area contributed by atoms with Gasteiger partial charge in [-0.25, -0.2) is 0 Å². The molecule has 0 aromatic carbocycles. The molecule has 0 aliphatic rings. The summed E-state index contributed by atoms with van der Waals surface area (Å²) in [7, 11) is -0.274. The molecule has 0 spiro atoms. The molecule has 0 aromatic rings. The second kappa shape index (κ2) is 9.50. The van der Waals surface area contributed by atoms with Crippen molar-refractivity contribution in [2.24, 2.45) is 0 Å². The standard InChI is InChI=1S/C8H17O2PS/c1-3-11(12-4-2)10-8-6-5-7-9/h7H,3-6,8H2,1-2H3. The first kappa shape index (κ1) is 12.4. The Morgan fingerprint density at radius 2 is 2.25 bits per heavy atom. The fraction of sp³-hybridized carbons (Fsp3) is 0.875. The fourth-order valence-electron chi connectivity index (χ4n) is 0.697. The molecule has 0 rings (SSSR count). The summed E-state index contributed by atoms with van der Waals surface area (Å²) in [5, 5.41) is 0. The van der Waals surface area contributed by atoms with Gasteiger partial charge in [-0.2, -0.15) is 0 Å². The Labute approximate surface area is 80.0 Å². The predicted molar refractivity (Wildman–Crippen MR) is 56.8 cm³/mol. The van der Waals surface area contributed by atoms with Crippen molar-refractivity contribution in [3.8, 4) is 0 Å². The van der Waals surface area contributed by atoms with E-state index in [1.165, 1.54) is 0 Å². The second-order valence-electron chi connectivity index (χ2n) is 2.21. The summed E-state index contributed by atoms with van der Waals surface area (Å²) < 4.78 is 5.60. The molecule has 0 N–H and O–H groups in total. The van der Waals surface area contributed by atoms with Crippen LogP contribution in [0.3, 0.4) is 0 Å². The zero-order valence-corrected chi connectivity index (χ0v) is 9.50. The van der Waals surface area contributed by atoms with Gasteiger partial charge < -0.3 is 9.32 Å². The second-order valence-corrected chi connectivity index (χ2v) is 6.60. The van der Waals surface area contributed by atoms with Crippen LogP contribution in [-0.2, 0) is 9.32 Å². The zero-order chi connectivity index (χ0) is 9.23. The van der Waals surface area contributed by atoms with Gasteiger partial charge in [0.05, 0.1) is 14.0 Å². The van der Waals surface area contributed by atoms with Gasteiger partial charge in [0.1, 0.15) is 6.29 Å². The van der Waals surface area contributed by atoms with Crippen molar-refractivity contribution >= 4 is 25.0 Å². The van der Waals surface area contributed by atoms with Gasteiger partial charge in [-0.3, -0.25) is 0 Å². The highest BCUT2D eigenvalue weighted by Gasteiger charge is 2.04. The summed E-state index contributed by atoms with van der Waals surface area (Å²) in [6.07, 6.45) is 3.55. The molecule has 0 aliphatic heterocycles. The minimum Gasteiger partial charge on any atom is -0.348 e. The minimum absolute atomic E-state index is 0.274. The van der Waals surface area contributed by atoms with Gasteiger partial charge in [-0.1, -0.05) is 13.8 Å². The molecular weight excluding hydrogens is 191 g/mol. The van der Waals surface area contributed by atoms with Crippen molar-refractivity contribution < 1.29 is 9.32 Å². The number of aldehydes is 1. The third-order valence-corrected chi connectivity index (χ3v) is 5.50. The molecule has 1 unspecified atom stereocenters. The molecule has 0 amide bonds. The van der Waals surface area contributed by atoms with Crippen LogP contribution in [0.5, 0.6) is 0 Å². The molecule has 12 heavy (non-hydrogen) atoms. The van der Waals surface area contributed by atoms with Crippen LogP contribution < -0.4 is 0 Å². The van der Waals surface area contributed by atoms with E-state index in [4.69, 9.17) is 4.52 Å². The maximum Gasteiger partial charge on any atom is 0.120 e. The summed E-state index contributed by atoms with van der Waals surface area (Å²) in [5.74, 6) is 1.12. The Balaban J connectivity index is 3.24. The first-order valence-corrected chi connectivity index (χ1v) is 7.35. The lowest BCUT2D eigenvalue weighted by atomic mass is 10.4. The molecule has 0 radical (unpaired) electrons. The highest BCUT2D eigenvalue weighted by Crippen LogP contribution is 2.50. The van der Waals surface area contributed by atoms with Gasteiger partial charge in [0.2, 0.25) is 0 Å². The summed E-state index contributed by atoms with van der Waals surface area (Å²) >= 11 is 1.89. The van der Waals surface area contributed by atoms with Gasteiger partial charge in [0.25, 0.3) is 0 Å². The summed E-state index contributed by atoms with van der Waals surface area (Å²) in [6, 6.07) is 0. The lowest BCUT2D eigenvalue weighted by Gasteiger charge is -2.13. The lowest BCUT2D eigenvalue weighted by molar-refractivity contribution is -0.108. The smallest absolute Gasteiger partial charge is 0.120 e. The van der Waals surface area contributed by atoms with E-state index in [0.717, 1.165) is 31.2 Å². The van der Waals surface area contributed by atoms with Crippen LogP contribution in [0.15, 0.2) is 0 Å². The lowest BCUT2D eigenvalue weighted by Crippen LogP contribution is -1.90. The van der Waals surface area contributed by atoms with Crippen molar-refractivity contribution in [3.63, 3.8) is 0 Å². The number of hydrogen-bond acceptors (Lipinski definition) is 3. The molecule has 0 bridgehead atoms. The van der Waals surface area contributed by atoms with Gasteiger partial charge in [0.15, 0.2) is 0 Å². The van der Waals surface area contributed by atoms with Crippen LogP contribution in [0, 0.1) is 0 Å². The molecule has 0 aromatic heterocycles. The van der Waals surface area contributed by atoms with Crippen LogP contribution in [-0.4, -0.2) is 24.8 Å². The van der Waals surface area contributed by atoms with Crippen LogP contribution in [0.2, 0.25) is 0 Å². The molecule has 1 atom stereocenters. The Bertz CT molecular complexity index is 111. The predicted octanol–water partition coefficient (Wildman–Crippen LogP) is 3.07. The highest BCUT2D eigenvalue weighted by atomic mass is 32.7. The van der Waals surface area contributed by atoms with Crippen molar-refractivity contribution in [1.29, 1.82) is 0 Å². The Morgan fingerprint density at radius 1 is 1.50 bits per heavy atom. The zero-order valence-electron chi connectivity index (χ0n) is 7.78. The molecule has 0 heterocycles. The van der Waals surface area contributed by atoms with E-state index < -0.39 is 0 Å². The van der Waals surface area contributed by atoms with Gasteiger partial charge >= 0.3 is 0 Å². The molecule has 72 valence electrons. The summed E-state index contributed by atoms with van der Waals surface area (Å²) in [4.78, 5) is 9.99. The van der Waals surface area contributed by atoms with E-state index in [1.807, 2.05) is 11.4 Å². The normalized spacial score (nSPS) is 12.8. The first-order chi connectivity index (χ1) is 5.85. The summed E-state index contributed by atoms with van der Waals surface area (Å²) in [5.41, 5.74) is 0. The number of unbranched alkanes of at least 4 members (excludes halogenated alkanes) is 1. The summed E-state index contributed by atoms with van der Waals surface area (Å²) in [6.45, 7) is 5.03. The van der Waals surface area contributed by atoms with Crippen molar-refractivity contribution in [2.75, 3.05) is 18.5 Å². The van der Waals surface area contributed by atoms with Crippen LogP contribution in [0.25, 0.3) is 0 Å². The van der Waals surface area contributed by atoms with Crippen LogP contribution in [0.4, 0.5) is 0 Å². The molecule has 0 aliphatic carbocycles. The molecule has 4 heteroatoms. The fourth-order valence-corrected chi connectivity index (χ4v) is 3.62. The number of hydrogen-bond donors (Lipinski definition) is 0. The Hall–Kier alpha value is 0.410. The molecule has 0 saturated heterocycles. The highest BCUT2D eigenvalue weighted by molar-refractivity contribution is 8.54. The van der Waals surface area contributed by atoms with E-state index in [0.29, 0.717) is 6.42 Å². The molecule has 0 saturated carbocycles. The van der Waals surface area contributed by atoms with E-state index in [2.05, 4.69) is 13.8 Å². The monoisotopic (exact) mass is 208 g/mol. The average molecular weight is 208 g/mol. The Morgan fingerprint density at radius 3 is 2.75 bits per heavy atom. The molecular formula is C8H17O2PS. The SMILES string of the molecule is CCSP(CC)OCCCC=O. The van der Waals surface area contributed by atoms with E-state index >= 15 is 0 Å². The molecule has 0 fully saturated rings. The van der Waals surface area contributed by atoms with Crippen LogP contribution in [0.1, 0.15) is 26.7 Å². The third kappa shape index (κ3) is 7.08. The van der Waals surface area contributed by atoms with Gasteiger partial charge in [-0.05, 0) is 18.3 Å². The van der Waals surface area contributed by atoms with Gasteiger partial charge in [0, 0.05) is 6.42 Å². The largest absolute Gasteiger partial charge is 0.348 e. The molecule has 2 nitrogen and oxygen atoms in total. The first-order valence-electron chi connectivity index (χ1n) is 4.32. The van der Waals surface area contributed by atoms with Crippen molar-refractivity contribution in [2.45, 2.75) is 26.7 Å². The minimum atomic E-state index is -0.274. The van der Waals surface area contributed by atoms with Crippen molar-refractivity contribution in [1.82, 2.24) is 0 Å². The van der Waals surface area contributed by atoms with E-state index in [1.54, 1.807) is 0 Å².